The van der Waals surface area contributed by atoms with Crippen molar-refractivity contribution < 1.29 is 4.79 Å². The van der Waals surface area contributed by atoms with Crippen LogP contribution in [0.15, 0.2) is 4.21 Å². The fourth-order valence-electron chi connectivity index (χ4n) is 2.04. The van der Waals surface area contributed by atoms with E-state index in [0.717, 1.165) is 17.7 Å². The van der Waals surface area contributed by atoms with Gasteiger partial charge in [-0.05, 0) is 39.9 Å². The van der Waals surface area contributed by atoms with Crippen molar-refractivity contribution in [3.63, 3.8) is 0 Å². The molecule has 4 heteroatoms. The van der Waals surface area contributed by atoms with Crippen LogP contribution in [0.1, 0.15) is 27.2 Å². The van der Waals surface area contributed by atoms with Crippen LogP contribution in [0.4, 0.5) is 0 Å². The van der Waals surface area contributed by atoms with E-state index in [9.17, 15) is 4.79 Å². The molecule has 1 atom stereocenters. The van der Waals surface area contributed by atoms with Crippen LogP contribution < -0.4 is 0 Å². The van der Waals surface area contributed by atoms with E-state index >= 15 is 0 Å². The molecule has 2 nitrogen and oxygen atoms in total. The van der Waals surface area contributed by atoms with Crippen molar-refractivity contribution in [2.75, 3.05) is 19.8 Å². The minimum Gasteiger partial charge on any atom is -0.299 e. The number of aryl methyl sites for hydroxylation is 1. The van der Waals surface area contributed by atoms with Gasteiger partial charge in [-0.25, -0.2) is 0 Å². The van der Waals surface area contributed by atoms with Crippen molar-refractivity contribution in [3.8, 4) is 0 Å². The summed E-state index contributed by atoms with van der Waals surface area (Å²) < 4.78 is 1.23. The highest BCUT2D eigenvalue weighted by Gasteiger charge is 2.30. The molecule has 0 aromatic carbocycles. The van der Waals surface area contributed by atoms with Crippen LogP contribution in [0.5, 0.6) is 0 Å². The molecule has 0 N–H and O–H groups in total. The van der Waals surface area contributed by atoms with Crippen molar-refractivity contribution in [2.45, 2.75) is 30.5 Å². The van der Waals surface area contributed by atoms with E-state index in [1.807, 2.05) is 30.8 Å². The second kappa shape index (κ2) is 4.51. The zero-order valence-corrected chi connectivity index (χ0v) is 11.8. The van der Waals surface area contributed by atoms with Crippen LogP contribution in [-0.2, 0) is 0 Å². The minimum absolute atomic E-state index is 0.0569. The zero-order chi connectivity index (χ0) is 11.9. The molecule has 0 spiro atoms. The highest BCUT2D eigenvalue weighted by atomic mass is 32.2. The molecule has 1 aliphatic heterocycles. The molecule has 16 heavy (non-hydrogen) atoms. The molecule has 0 saturated carbocycles. The Morgan fingerprint density at radius 3 is 2.62 bits per heavy atom. The van der Waals surface area contributed by atoms with Crippen molar-refractivity contribution in [1.82, 2.24) is 4.90 Å². The van der Waals surface area contributed by atoms with E-state index in [4.69, 9.17) is 0 Å². The maximum Gasteiger partial charge on any atom is 0.182 e. The Morgan fingerprint density at radius 1 is 1.31 bits per heavy atom. The van der Waals surface area contributed by atoms with Crippen LogP contribution in [0, 0.1) is 13.8 Å². The second-order valence-electron chi connectivity index (χ2n) is 4.43. The topological polar surface area (TPSA) is 20.3 Å². The SMILES string of the molecule is Cc1sc2c(c1C)C(=O)C(N(C)C)CCS2. The van der Waals surface area contributed by atoms with Gasteiger partial charge in [-0.15, -0.1) is 23.1 Å². The monoisotopic (exact) mass is 255 g/mol. The summed E-state index contributed by atoms with van der Waals surface area (Å²) in [5.74, 6) is 1.35. The molecule has 1 unspecified atom stereocenters. The number of thiophene rings is 1. The second-order valence-corrected chi connectivity index (χ2v) is 7.01. The number of Topliss-reactive ketones (excluding diaryl/α,β-unsaturated/α-hetero) is 1. The van der Waals surface area contributed by atoms with Gasteiger partial charge in [-0.2, -0.15) is 0 Å². The number of nitrogens with zero attached hydrogens (tertiary/aromatic N) is 1. The van der Waals surface area contributed by atoms with Crippen LogP contribution >= 0.6 is 23.1 Å². The Hall–Kier alpha value is -0.320. The molecular formula is C12H17NOS2. The normalized spacial score (nSPS) is 21.1. The summed E-state index contributed by atoms with van der Waals surface area (Å²) in [6.45, 7) is 4.17. The van der Waals surface area contributed by atoms with Crippen molar-refractivity contribution in [3.05, 3.63) is 16.0 Å². The van der Waals surface area contributed by atoms with E-state index in [1.165, 1.54) is 14.6 Å². The lowest BCUT2D eigenvalue weighted by Crippen LogP contribution is -2.35. The Morgan fingerprint density at radius 2 is 2.00 bits per heavy atom. The number of carbonyl (C=O) groups excluding carboxylic acids is 1. The summed E-state index contributed by atoms with van der Waals surface area (Å²) in [5.41, 5.74) is 2.18. The first-order chi connectivity index (χ1) is 7.52. The van der Waals surface area contributed by atoms with Crippen LogP contribution in [0.2, 0.25) is 0 Å². The van der Waals surface area contributed by atoms with Crippen molar-refractivity contribution in [2.24, 2.45) is 0 Å². The molecule has 0 fully saturated rings. The standard InChI is InChI=1S/C12H17NOS2/c1-7-8(2)16-12-10(7)11(14)9(13(3)4)5-6-15-12/h9H,5-6H2,1-4H3. The molecular weight excluding hydrogens is 238 g/mol. The largest absolute Gasteiger partial charge is 0.299 e. The lowest BCUT2D eigenvalue weighted by Gasteiger charge is -2.21. The third-order valence-corrected chi connectivity index (χ3v) is 5.66. The van der Waals surface area contributed by atoms with Gasteiger partial charge in [0, 0.05) is 16.2 Å². The number of fused-ring (bicyclic) bond motifs is 1. The molecule has 88 valence electrons. The summed E-state index contributed by atoms with van der Waals surface area (Å²) in [6.07, 6.45) is 0.955. The average Bonchev–Trinajstić information content (AvgIpc) is 2.40. The molecule has 0 bridgehead atoms. The predicted molar refractivity (Wildman–Crippen MR) is 70.9 cm³/mol. The van der Waals surface area contributed by atoms with Gasteiger partial charge in [0.15, 0.2) is 5.78 Å². The van der Waals surface area contributed by atoms with E-state index in [0.29, 0.717) is 5.78 Å². The molecule has 2 rings (SSSR count). The van der Waals surface area contributed by atoms with Gasteiger partial charge in [0.25, 0.3) is 0 Å². The van der Waals surface area contributed by atoms with Gasteiger partial charge in [0.1, 0.15) is 0 Å². The van der Waals surface area contributed by atoms with Gasteiger partial charge < -0.3 is 0 Å². The number of carbonyl (C=O) groups is 1. The number of ketones is 1. The smallest absolute Gasteiger partial charge is 0.182 e. The quantitative estimate of drug-likeness (QED) is 0.769. The van der Waals surface area contributed by atoms with Gasteiger partial charge >= 0.3 is 0 Å². The number of hydrogen-bond donors (Lipinski definition) is 0. The fraction of sp³-hybridized carbons (Fsp3) is 0.583. The summed E-state index contributed by atoms with van der Waals surface area (Å²) in [4.78, 5) is 15.8. The van der Waals surface area contributed by atoms with Crippen LogP contribution in [0.25, 0.3) is 0 Å². The molecule has 0 radical (unpaired) electrons. The molecule has 1 aliphatic rings. The maximum absolute atomic E-state index is 12.5. The Labute approximate surface area is 105 Å². The summed E-state index contributed by atoms with van der Waals surface area (Å²) in [5, 5.41) is 0. The summed E-state index contributed by atoms with van der Waals surface area (Å²) >= 11 is 3.61. The predicted octanol–water partition coefficient (Wildman–Crippen LogP) is 2.97. The van der Waals surface area contributed by atoms with Gasteiger partial charge in [-0.3, -0.25) is 9.69 Å². The third-order valence-electron chi connectivity index (χ3n) is 3.15. The third kappa shape index (κ3) is 1.94. The number of rotatable bonds is 1. The van der Waals surface area contributed by atoms with E-state index in [1.54, 1.807) is 11.3 Å². The van der Waals surface area contributed by atoms with Gasteiger partial charge in [-0.1, -0.05) is 0 Å². The minimum atomic E-state index is 0.0569. The molecule has 0 amide bonds. The Kier molecular flexibility index (Phi) is 3.42. The molecule has 2 heterocycles. The van der Waals surface area contributed by atoms with Crippen molar-refractivity contribution in [1.29, 1.82) is 0 Å². The van der Waals surface area contributed by atoms with E-state index in [2.05, 4.69) is 13.8 Å². The number of hydrogen-bond acceptors (Lipinski definition) is 4. The van der Waals surface area contributed by atoms with Crippen molar-refractivity contribution >= 4 is 28.9 Å². The molecule has 0 saturated heterocycles. The first-order valence-corrected chi connectivity index (χ1v) is 7.26. The van der Waals surface area contributed by atoms with Gasteiger partial charge in [0.2, 0.25) is 0 Å². The highest BCUT2D eigenvalue weighted by Crippen LogP contribution is 2.39. The first-order valence-electron chi connectivity index (χ1n) is 5.45. The zero-order valence-electron chi connectivity index (χ0n) is 10.2. The molecule has 0 aliphatic carbocycles. The Balaban J connectivity index is 2.47. The maximum atomic E-state index is 12.5. The highest BCUT2D eigenvalue weighted by molar-refractivity contribution is 8.01. The lowest BCUT2D eigenvalue weighted by molar-refractivity contribution is 0.0871. The average molecular weight is 255 g/mol. The summed E-state index contributed by atoms with van der Waals surface area (Å²) in [6, 6.07) is 0.0569. The van der Waals surface area contributed by atoms with E-state index in [-0.39, 0.29) is 6.04 Å². The van der Waals surface area contributed by atoms with E-state index < -0.39 is 0 Å². The number of thioether (sulfide) groups is 1. The van der Waals surface area contributed by atoms with Crippen LogP contribution in [-0.4, -0.2) is 36.6 Å². The molecule has 1 aromatic rings. The first kappa shape index (κ1) is 12.1. The van der Waals surface area contributed by atoms with Gasteiger partial charge in [0.05, 0.1) is 10.3 Å². The molecule has 1 aromatic heterocycles. The summed E-state index contributed by atoms with van der Waals surface area (Å²) in [7, 11) is 3.99. The number of likely N-dealkylation sites (N-methyl/N-ethyl adjacent to an activating group) is 1. The lowest BCUT2D eigenvalue weighted by atomic mass is 10.0. The van der Waals surface area contributed by atoms with Crippen LogP contribution in [0.3, 0.4) is 0 Å². The fourth-order valence-corrected chi connectivity index (χ4v) is 4.71. The Bertz CT molecular complexity index is 423.